The molecule has 0 spiro atoms. The van der Waals surface area contributed by atoms with Crippen molar-refractivity contribution in [2.45, 2.75) is 50.1 Å². The Balaban J connectivity index is 1.61. The Bertz CT molecular complexity index is 906. The second-order valence-electron chi connectivity index (χ2n) is 6.74. The average Bonchev–Trinajstić information content (AvgIpc) is 3.25. The summed E-state index contributed by atoms with van der Waals surface area (Å²) in [7, 11) is 0. The molecule has 0 fully saturated rings. The third kappa shape index (κ3) is 3.51. The molecule has 0 atom stereocenters. The number of aromatic nitrogens is 3. The van der Waals surface area contributed by atoms with Gasteiger partial charge in [-0.1, -0.05) is 47.7 Å². The fourth-order valence-corrected chi connectivity index (χ4v) is 5.43. The molecule has 2 heterocycles. The predicted octanol–water partition coefficient (Wildman–Crippen LogP) is 5.67. The molecule has 0 saturated carbocycles. The van der Waals surface area contributed by atoms with Gasteiger partial charge in [-0.25, -0.2) is 0 Å². The summed E-state index contributed by atoms with van der Waals surface area (Å²) in [5, 5.41) is 12.3. The van der Waals surface area contributed by atoms with E-state index in [1.807, 2.05) is 17.4 Å². The van der Waals surface area contributed by atoms with Gasteiger partial charge < -0.3 is 0 Å². The Kier molecular flexibility index (Phi) is 5.27. The van der Waals surface area contributed by atoms with Crippen molar-refractivity contribution in [3.05, 3.63) is 63.9 Å². The van der Waals surface area contributed by atoms with Crippen molar-refractivity contribution in [3.8, 4) is 11.4 Å². The molecule has 4 rings (SSSR count). The van der Waals surface area contributed by atoms with Gasteiger partial charge in [0.25, 0.3) is 0 Å². The van der Waals surface area contributed by atoms with Crippen LogP contribution in [0.2, 0.25) is 0 Å². The van der Waals surface area contributed by atoms with Gasteiger partial charge in [0.15, 0.2) is 11.0 Å². The van der Waals surface area contributed by atoms with Crippen LogP contribution in [0.3, 0.4) is 0 Å². The zero-order valence-electron chi connectivity index (χ0n) is 15.1. The molecule has 0 aliphatic heterocycles. The van der Waals surface area contributed by atoms with Gasteiger partial charge in [-0.3, -0.25) is 4.57 Å². The highest BCUT2D eigenvalue weighted by Gasteiger charge is 2.21. The van der Waals surface area contributed by atoms with Gasteiger partial charge in [0, 0.05) is 28.1 Å². The summed E-state index contributed by atoms with van der Waals surface area (Å²) in [5.74, 6) is 1.90. The normalized spacial score (nSPS) is 13.6. The molecule has 1 aromatic carbocycles. The van der Waals surface area contributed by atoms with E-state index in [9.17, 15) is 0 Å². The van der Waals surface area contributed by atoms with Crippen LogP contribution in [-0.4, -0.2) is 14.8 Å². The zero-order chi connectivity index (χ0) is 17.9. The number of nitrogens with zero attached hydrogens (tertiary/aromatic N) is 3. The second-order valence-corrected chi connectivity index (χ2v) is 8.64. The Morgan fingerprint density at radius 1 is 1.19 bits per heavy atom. The molecule has 2 aromatic heterocycles. The molecule has 134 valence electrons. The van der Waals surface area contributed by atoms with Gasteiger partial charge in [-0.15, -0.1) is 28.1 Å². The smallest absolute Gasteiger partial charge is 0.192 e. The summed E-state index contributed by atoms with van der Waals surface area (Å²) in [4.78, 5) is 1.54. The van der Waals surface area contributed by atoms with E-state index in [2.05, 4.69) is 57.9 Å². The lowest BCUT2D eigenvalue weighted by Crippen LogP contribution is -2.04. The summed E-state index contributed by atoms with van der Waals surface area (Å²) in [6.45, 7) is 6.79. The number of thiophene rings is 1. The maximum atomic E-state index is 4.56. The van der Waals surface area contributed by atoms with Crippen molar-refractivity contribution in [1.82, 2.24) is 14.8 Å². The number of hydrogen-bond acceptors (Lipinski definition) is 4. The van der Waals surface area contributed by atoms with Gasteiger partial charge in [0.2, 0.25) is 0 Å². The van der Waals surface area contributed by atoms with Crippen LogP contribution in [0.4, 0.5) is 0 Å². The highest BCUT2D eigenvalue weighted by Crippen LogP contribution is 2.37. The predicted molar refractivity (Wildman–Crippen MR) is 111 cm³/mol. The van der Waals surface area contributed by atoms with Crippen molar-refractivity contribution >= 4 is 23.1 Å². The van der Waals surface area contributed by atoms with Gasteiger partial charge in [0.1, 0.15) is 0 Å². The van der Waals surface area contributed by atoms with Gasteiger partial charge in [-0.2, -0.15) is 0 Å². The molecule has 0 N–H and O–H groups in total. The van der Waals surface area contributed by atoms with E-state index in [0.29, 0.717) is 0 Å². The van der Waals surface area contributed by atoms with Crippen molar-refractivity contribution in [2.24, 2.45) is 0 Å². The Hall–Kier alpha value is -1.85. The van der Waals surface area contributed by atoms with Crippen molar-refractivity contribution in [1.29, 1.82) is 0 Å². The standard InChI is InChI=1S/C21H23N3S2/c1-3-12-24-20(18-14-25-19-7-5-4-6-17(18)19)22-23-21(24)26-13-16-10-8-15(2)9-11-16/h3,8-11,14H,1,4-7,12-13H2,2H3. The quantitative estimate of drug-likeness (QED) is 0.407. The highest BCUT2D eigenvalue weighted by atomic mass is 32.2. The maximum absolute atomic E-state index is 4.56. The van der Waals surface area contributed by atoms with Crippen LogP contribution in [0.1, 0.15) is 34.4 Å². The third-order valence-corrected chi connectivity index (χ3v) is 6.95. The van der Waals surface area contributed by atoms with Crippen LogP contribution in [0.15, 0.2) is 47.5 Å². The lowest BCUT2D eigenvalue weighted by atomic mass is 9.95. The number of fused-ring (bicyclic) bond motifs is 1. The number of aryl methyl sites for hydroxylation is 2. The zero-order valence-corrected chi connectivity index (χ0v) is 16.7. The minimum Gasteiger partial charge on any atom is -0.298 e. The van der Waals surface area contributed by atoms with Crippen LogP contribution in [-0.2, 0) is 25.1 Å². The van der Waals surface area contributed by atoms with Crippen LogP contribution in [0.25, 0.3) is 11.4 Å². The summed E-state index contributed by atoms with van der Waals surface area (Å²) >= 11 is 3.63. The number of thioether (sulfide) groups is 1. The van der Waals surface area contributed by atoms with Crippen molar-refractivity contribution < 1.29 is 0 Å². The summed E-state index contributed by atoms with van der Waals surface area (Å²) in [5.41, 5.74) is 5.37. The third-order valence-electron chi connectivity index (χ3n) is 4.82. The van der Waals surface area contributed by atoms with Crippen LogP contribution in [0.5, 0.6) is 0 Å². The van der Waals surface area contributed by atoms with E-state index in [4.69, 9.17) is 0 Å². The molecular formula is C21H23N3S2. The summed E-state index contributed by atoms with van der Waals surface area (Å²) in [6.07, 6.45) is 6.90. The van der Waals surface area contributed by atoms with Crippen LogP contribution >= 0.6 is 23.1 Å². The molecule has 0 saturated heterocycles. The van der Waals surface area contributed by atoms with E-state index >= 15 is 0 Å². The maximum Gasteiger partial charge on any atom is 0.192 e. The molecule has 5 heteroatoms. The minimum absolute atomic E-state index is 0.739. The second kappa shape index (κ2) is 7.80. The lowest BCUT2D eigenvalue weighted by molar-refractivity contribution is 0.694. The van der Waals surface area contributed by atoms with Crippen molar-refractivity contribution in [3.63, 3.8) is 0 Å². The SMILES string of the molecule is C=CCn1c(SCc2ccc(C)cc2)nnc1-c1csc2c1CCCC2. The number of rotatable bonds is 6. The van der Waals surface area contributed by atoms with Gasteiger partial charge in [0.05, 0.1) is 0 Å². The van der Waals surface area contributed by atoms with E-state index in [0.717, 1.165) is 23.3 Å². The molecule has 26 heavy (non-hydrogen) atoms. The van der Waals surface area contributed by atoms with Gasteiger partial charge in [-0.05, 0) is 43.7 Å². The van der Waals surface area contributed by atoms with Crippen LogP contribution in [0, 0.1) is 6.92 Å². The molecule has 1 aliphatic carbocycles. The van der Waals surface area contributed by atoms with E-state index in [1.165, 1.54) is 52.8 Å². The Morgan fingerprint density at radius 3 is 2.81 bits per heavy atom. The molecule has 3 aromatic rings. The summed E-state index contributed by atoms with van der Waals surface area (Å²) < 4.78 is 2.21. The van der Waals surface area contributed by atoms with Gasteiger partial charge >= 0.3 is 0 Å². The first-order valence-corrected chi connectivity index (χ1v) is 10.9. The largest absolute Gasteiger partial charge is 0.298 e. The highest BCUT2D eigenvalue weighted by molar-refractivity contribution is 7.98. The van der Waals surface area contributed by atoms with Crippen LogP contribution < -0.4 is 0 Å². The summed E-state index contributed by atoms with van der Waals surface area (Å²) in [6, 6.07) is 8.69. The Labute approximate surface area is 163 Å². The van der Waals surface area contributed by atoms with E-state index in [1.54, 1.807) is 11.8 Å². The van der Waals surface area contributed by atoms with E-state index in [-0.39, 0.29) is 0 Å². The molecule has 0 bridgehead atoms. The first kappa shape index (κ1) is 17.6. The first-order chi connectivity index (χ1) is 12.8. The number of benzene rings is 1. The fraction of sp³-hybridized carbons (Fsp3) is 0.333. The number of allylic oxidation sites excluding steroid dienone is 1. The number of hydrogen-bond donors (Lipinski definition) is 0. The molecule has 0 amide bonds. The fourth-order valence-electron chi connectivity index (χ4n) is 3.40. The first-order valence-electron chi connectivity index (χ1n) is 9.08. The van der Waals surface area contributed by atoms with E-state index < -0.39 is 0 Å². The average molecular weight is 382 g/mol. The molecule has 0 unspecified atom stereocenters. The van der Waals surface area contributed by atoms with Crippen molar-refractivity contribution in [2.75, 3.05) is 0 Å². The molecule has 0 radical (unpaired) electrons. The topological polar surface area (TPSA) is 30.7 Å². The monoisotopic (exact) mass is 381 g/mol. The molecule has 1 aliphatic rings. The minimum atomic E-state index is 0.739. The lowest BCUT2D eigenvalue weighted by Gasteiger charge is -2.13. The molecule has 3 nitrogen and oxygen atoms in total. The Morgan fingerprint density at radius 2 is 2.00 bits per heavy atom. The molecular weight excluding hydrogens is 358 g/mol.